The van der Waals surface area contributed by atoms with E-state index < -0.39 is 18.0 Å². The smallest absolute Gasteiger partial charge is 0.330 e. The lowest BCUT2D eigenvalue weighted by atomic mass is 10.2. The molecule has 1 aromatic rings. The molecular weight excluding hydrogens is 248 g/mol. The van der Waals surface area contributed by atoms with Crippen molar-refractivity contribution in [2.45, 2.75) is 12.5 Å². The zero-order valence-electron chi connectivity index (χ0n) is 10.7. The van der Waals surface area contributed by atoms with E-state index in [4.69, 9.17) is 9.47 Å². The van der Waals surface area contributed by atoms with Gasteiger partial charge in [-0.15, -0.1) is 0 Å². The summed E-state index contributed by atoms with van der Waals surface area (Å²) >= 11 is 0. The molecule has 1 aromatic heterocycles. The molecule has 0 radical (unpaired) electrons. The SMILES string of the molecule is C=CC(=O)OCC(Cc1nccn1C)OC(=O)C=C. The van der Waals surface area contributed by atoms with Crippen LogP contribution >= 0.6 is 0 Å². The van der Waals surface area contributed by atoms with E-state index in [0.717, 1.165) is 18.0 Å². The van der Waals surface area contributed by atoms with E-state index >= 15 is 0 Å². The molecule has 0 aromatic carbocycles. The molecule has 1 atom stereocenters. The Kier molecular flexibility index (Phi) is 5.53. The largest absolute Gasteiger partial charge is 0.459 e. The summed E-state index contributed by atoms with van der Waals surface area (Å²) in [5.74, 6) is -0.426. The Morgan fingerprint density at radius 1 is 1.42 bits per heavy atom. The molecule has 0 spiro atoms. The van der Waals surface area contributed by atoms with Crippen molar-refractivity contribution in [3.05, 3.63) is 43.5 Å². The lowest BCUT2D eigenvalue weighted by Gasteiger charge is -2.16. The van der Waals surface area contributed by atoms with Crippen LogP contribution in [0.1, 0.15) is 5.82 Å². The monoisotopic (exact) mass is 264 g/mol. The summed E-state index contributed by atoms with van der Waals surface area (Å²) in [6, 6.07) is 0. The van der Waals surface area contributed by atoms with Crippen molar-refractivity contribution < 1.29 is 19.1 Å². The third-order valence-corrected chi connectivity index (χ3v) is 2.36. The molecule has 0 saturated heterocycles. The van der Waals surface area contributed by atoms with Crippen molar-refractivity contribution in [1.29, 1.82) is 0 Å². The summed E-state index contributed by atoms with van der Waals surface area (Å²) in [5.41, 5.74) is 0. The van der Waals surface area contributed by atoms with E-state index in [1.54, 1.807) is 17.0 Å². The predicted octanol–water partition coefficient (Wildman–Crippen LogP) is 0.790. The first kappa shape index (κ1) is 14.7. The molecule has 0 N–H and O–H groups in total. The number of esters is 2. The lowest BCUT2D eigenvalue weighted by Crippen LogP contribution is -2.27. The van der Waals surface area contributed by atoms with Crippen LogP contribution < -0.4 is 0 Å². The van der Waals surface area contributed by atoms with E-state index in [0.29, 0.717) is 6.42 Å². The number of hydrogen-bond donors (Lipinski definition) is 0. The summed E-state index contributed by atoms with van der Waals surface area (Å²) in [6.45, 7) is 6.55. The quantitative estimate of drug-likeness (QED) is 0.538. The van der Waals surface area contributed by atoms with E-state index in [9.17, 15) is 9.59 Å². The Bertz CT molecular complexity index is 479. The standard InChI is InChI=1S/C13H16N2O4/c1-4-12(16)18-9-10(19-13(17)5-2)8-11-14-6-7-15(11)3/h4-7,10H,1-2,8-9H2,3H3. The normalized spacial score (nSPS) is 11.4. The summed E-state index contributed by atoms with van der Waals surface area (Å²) in [6.07, 6.45) is 5.24. The minimum Gasteiger partial charge on any atom is -0.459 e. The number of carbonyl (C=O) groups is 2. The highest BCUT2D eigenvalue weighted by Gasteiger charge is 2.17. The highest BCUT2D eigenvalue weighted by atomic mass is 16.6. The number of carbonyl (C=O) groups excluding carboxylic acids is 2. The number of imidazole rings is 1. The topological polar surface area (TPSA) is 70.4 Å². The Morgan fingerprint density at radius 3 is 2.63 bits per heavy atom. The first-order valence-electron chi connectivity index (χ1n) is 5.65. The van der Waals surface area contributed by atoms with Gasteiger partial charge in [-0.2, -0.15) is 0 Å². The Hall–Kier alpha value is -2.37. The van der Waals surface area contributed by atoms with Gasteiger partial charge in [0.05, 0.1) is 0 Å². The minimum absolute atomic E-state index is 0.0582. The fourth-order valence-corrected chi connectivity index (χ4v) is 1.38. The molecule has 1 unspecified atom stereocenters. The van der Waals surface area contributed by atoms with Crippen LogP contribution in [0.5, 0.6) is 0 Å². The molecule has 19 heavy (non-hydrogen) atoms. The molecule has 6 heteroatoms. The maximum atomic E-state index is 11.2. The number of ether oxygens (including phenoxy) is 2. The van der Waals surface area contributed by atoms with Crippen molar-refractivity contribution in [2.24, 2.45) is 7.05 Å². The van der Waals surface area contributed by atoms with Crippen LogP contribution in [0.3, 0.4) is 0 Å². The fourth-order valence-electron chi connectivity index (χ4n) is 1.38. The van der Waals surface area contributed by atoms with E-state index in [1.165, 1.54) is 0 Å². The first-order valence-corrected chi connectivity index (χ1v) is 5.65. The number of aromatic nitrogens is 2. The van der Waals surface area contributed by atoms with Gasteiger partial charge in [0.1, 0.15) is 18.5 Å². The summed E-state index contributed by atoms with van der Waals surface area (Å²) < 4.78 is 11.8. The Labute approximate surface area is 111 Å². The molecule has 0 bridgehead atoms. The van der Waals surface area contributed by atoms with Gasteiger partial charge in [0.25, 0.3) is 0 Å². The van der Waals surface area contributed by atoms with Crippen molar-refractivity contribution in [1.82, 2.24) is 9.55 Å². The third-order valence-electron chi connectivity index (χ3n) is 2.36. The zero-order chi connectivity index (χ0) is 14.3. The van der Waals surface area contributed by atoms with Gasteiger partial charge in [-0.05, 0) is 0 Å². The second-order valence-corrected chi connectivity index (χ2v) is 3.76. The van der Waals surface area contributed by atoms with E-state index in [1.807, 2.05) is 7.05 Å². The Morgan fingerprint density at radius 2 is 2.11 bits per heavy atom. The number of nitrogens with zero attached hydrogens (tertiary/aromatic N) is 2. The van der Waals surface area contributed by atoms with Gasteiger partial charge < -0.3 is 14.0 Å². The van der Waals surface area contributed by atoms with Crippen molar-refractivity contribution in [3.63, 3.8) is 0 Å². The van der Waals surface area contributed by atoms with Crippen LogP contribution in [0.2, 0.25) is 0 Å². The van der Waals surface area contributed by atoms with E-state index in [2.05, 4.69) is 18.1 Å². The van der Waals surface area contributed by atoms with Crippen LogP contribution in [0.15, 0.2) is 37.7 Å². The maximum Gasteiger partial charge on any atom is 0.330 e. The molecule has 1 rings (SSSR count). The molecule has 102 valence electrons. The van der Waals surface area contributed by atoms with Crippen molar-refractivity contribution in [3.8, 4) is 0 Å². The van der Waals surface area contributed by atoms with E-state index in [-0.39, 0.29) is 6.61 Å². The van der Waals surface area contributed by atoms with Gasteiger partial charge in [0.2, 0.25) is 0 Å². The van der Waals surface area contributed by atoms with Gasteiger partial charge in [0.15, 0.2) is 0 Å². The van der Waals surface area contributed by atoms with Crippen LogP contribution in [-0.2, 0) is 32.5 Å². The highest BCUT2D eigenvalue weighted by molar-refractivity contribution is 5.82. The average molecular weight is 264 g/mol. The first-order chi connectivity index (χ1) is 9.06. The molecule has 0 fully saturated rings. The zero-order valence-corrected chi connectivity index (χ0v) is 10.7. The molecule has 0 aliphatic carbocycles. The average Bonchev–Trinajstić information content (AvgIpc) is 2.80. The molecule has 1 heterocycles. The molecule has 0 aliphatic heterocycles. The summed E-state index contributed by atoms with van der Waals surface area (Å²) in [4.78, 5) is 26.4. The van der Waals surface area contributed by atoms with Gasteiger partial charge in [-0.25, -0.2) is 14.6 Å². The fraction of sp³-hybridized carbons (Fsp3) is 0.308. The van der Waals surface area contributed by atoms with Gasteiger partial charge >= 0.3 is 11.9 Å². The van der Waals surface area contributed by atoms with Crippen molar-refractivity contribution >= 4 is 11.9 Å². The van der Waals surface area contributed by atoms with Crippen LogP contribution in [0.4, 0.5) is 0 Å². The van der Waals surface area contributed by atoms with Gasteiger partial charge in [0, 0.05) is 38.0 Å². The third kappa shape index (κ3) is 4.79. The van der Waals surface area contributed by atoms with Crippen LogP contribution in [0.25, 0.3) is 0 Å². The predicted molar refractivity (Wildman–Crippen MR) is 68.1 cm³/mol. The number of rotatable bonds is 7. The molecule has 0 aliphatic rings. The van der Waals surface area contributed by atoms with Crippen LogP contribution in [0, 0.1) is 0 Å². The van der Waals surface area contributed by atoms with Crippen LogP contribution in [-0.4, -0.2) is 34.2 Å². The molecular formula is C13H16N2O4. The summed E-state index contributed by atoms with van der Waals surface area (Å²) in [7, 11) is 1.82. The van der Waals surface area contributed by atoms with Gasteiger partial charge in [-0.3, -0.25) is 0 Å². The minimum atomic E-state index is -0.615. The highest BCUT2D eigenvalue weighted by Crippen LogP contribution is 2.05. The Balaban J connectivity index is 2.65. The second-order valence-electron chi connectivity index (χ2n) is 3.76. The molecule has 0 saturated carbocycles. The molecule has 0 amide bonds. The van der Waals surface area contributed by atoms with Gasteiger partial charge in [-0.1, -0.05) is 13.2 Å². The van der Waals surface area contributed by atoms with Crippen molar-refractivity contribution in [2.75, 3.05) is 6.61 Å². The lowest BCUT2D eigenvalue weighted by molar-refractivity contribution is -0.152. The number of aryl methyl sites for hydroxylation is 1. The summed E-state index contributed by atoms with van der Waals surface area (Å²) in [5, 5.41) is 0. The number of hydrogen-bond acceptors (Lipinski definition) is 5. The maximum absolute atomic E-state index is 11.2. The molecule has 6 nitrogen and oxygen atoms in total. The second kappa shape index (κ2) is 7.15.